The molecule has 0 unspecified atom stereocenters. The summed E-state index contributed by atoms with van der Waals surface area (Å²) >= 11 is 0. The van der Waals surface area contributed by atoms with Gasteiger partial charge in [-0.2, -0.15) is 0 Å². The van der Waals surface area contributed by atoms with Crippen molar-refractivity contribution in [2.45, 2.75) is 44.7 Å². The smallest absolute Gasteiger partial charge is 0.0243 e. The third-order valence-electron chi connectivity index (χ3n) is 4.18. The number of likely N-dealkylation sites (tertiary alicyclic amines) is 2. The maximum absolute atomic E-state index is 2.61. The second kappa shape index (κ2) is 3.25. The van der Waals surface area contributed by atoms with Crippen LogP contribution in [0, 0.1) is 0 Å². The highest BCUT2D eigenvalue weighted by atomic mass is 15.3. The molecule has 0 atom stereocenters. The Morgan fingerprint density at radius 2 is 1.54 bits per heavy atom. The van der Waals surface area contributed by atoms with Crippen molar-refractivity contribution in [1.29, 1.82) is 0 Å². The van der Waals surface area contributed by atoms with Gasteiger partial charge in [0.05, 0.1) is 0 Å². The number of nitrogens with zero attached hydrogens (tertiary/aromatic N) is 2. The van der Waals surface area contributed by atoms with E-state index in [1.165, 1.54) is 38.9 Å². The van der Waals surface area contributed by atoms with Gasteiger partial charge >= 0.3 is 0 Å². The topological polar surface area (TPSA) is 6.48 Å². The van der Waals surface area contributed by atoms with Crippen LogP contribution in [0.5, 0.6) is 0 Å². The summed E-state index contributed by atoms with van der Waals surface area (Å²) < 4.78 is 0. The summed E-state index contributed by atoms with van der Waals surface area (Å²) in [5, 5.41) is 0. The number of rotatable bonds is 1. The monoisotopic (exact) mass is 182 g/mol. The SMILES string of the molecule is CC(C)N1CCC2(CC1)CCN2C. The summed E-state index contributed by atoms with van der Waals surface area (Å²) in [7, 11) is 2.29. The summed E-state index contributed by atoms with van der Waals surface area (Å²) in [5.74, 6) is 0. The largest absolute Gasteiger partial charge is 0.301 e. The molecule has 0 aromatic rings. The molecule has 0 radical (unpaired) electrons. The van der Waals surface area contributed by atoms with Crippen LogP contribution in [0.4, 0.5) is 0 Å². The lowest BCUT2D eigenvalue weighted by atomic mass is 9.77. The fourth-order valence-electron chi connectivity index (χ4n) is 2.74. The van der Waals surface area contributed by atoms with Crippen LogP contribution >= 0.6 is 0 Å². The lowest BCUT2D eigenvalue weighted by Gasteiger charge is -2.55. The molecule has 2 saturated heterocycles. The predicted molar refractivity (Wildman–Crippen MR) is 55.9 cm³/mol. The molecule has 0 saturated carbocycles. The Bertz CT molecular complexity index is 181. The maximum atomic E-state index is 2.61. The van der Waals surface area contributed by atoms with Gasteiger partial charge < -0.3 is 9.80 Å². The van der Waals surface area contributed by atoms with E-state index in [9.17, 15) is 0 Å². The van der Waals surface area contributed by atoms with Crippen LogP contribution in [-0.2, 0) is 0 Å². The van der Waals surface area contributed by atoms with E-state index < -0.39 is 0 Å². The van der Waals surface area contributed by atoms with Gasteiger partial charge in [0.15, 0.2) is 0 Å². The molecule has 2 aliphatic rings. The minimum absolute atomic E-state index is 0.616. The molecule has 0 aromatic carbocycles. The average molecular weight is 182 g/mol. The second-order valence-electron chi connectivity index (χ2n) is 5.03. The lowest BCUT2D eigenvalue weighted by molar-refractivity contribution is -0.0446. The van der Waals surface area contributed by atoms with Crippen molar-refractivity contribution in [2.75, 3.05) is 26.7 Å². The zero-order valence-electron chi connectivity index (χ0n) is 9.21. The van der Waals surface area contributed by atoms with Gasteiger partial charge in [-0.25, -0.2) is 0 Å². The van der Waals surface area contributed by atoms with E-state index in [0.717, 1.165) is 6.04 Å². The second-order valence-corrected chi connectivity index (χ2v) is 5.03. The Morgan fingerprint density at radius 1 is 1.00 bits per heavy atom. The molecule has 1 spiro atoms. The van der Waals surface area contributed by atoms with Crippen molar-refractivity contribution in [3.63, 3.8) is 0 Å². The van der Waals surface area contributed by atoms with Crippen LogP contribution < -0.4 is 0 Å². The zero-order chi connectivity index (χ0) is 9.47. The molecule has 2 rings (SSSR count). The van der Waals surface area contributed by atoms with Crippen LogP contribution in [0.15, 0.2) is 0 Å². The number of piperidine rings is 1. The van der Waals surface area contributed by atoms with Crippen LogP contribution in [0.25, 0.3) is 0 Å². The Balaban J connectivity index is 1.89. The van der Waals surface area contributed by atoms with E-state index in [1.807, 2.05) is 0 Å². The van der Waals surface area contributed by atoms with E-state index in [-0.39, 0.29) is 0 Å². The van der Waals surface area contributed by atoms with Crippen LogP contribution in [0.3, 0.4) is 0 Å². The standard InChI is InChI=1S/C11H22N2/c1-10(2)13-8-5-11(6-9-13)4-7-12(11)3/h10H,4-9H2,1-3H3. The molecule has 13 heavy (non-hydrogen) atoms. The molecule has 2 aliphatic heterocycles. The summed E-state index contributed by atoms with van der Waals surface area (Å²) in [5.41, 5.74) is 0.616. The minimum atomic E-state index is 0.616. The van der Waals surface area contributed by atoms with Crippen molar-refractivity contribution in [3.05, 3.63) is 0 Å². The first-order valence-electron chi connectivity index (χ1n) is 5.59. The first kappa shape index (κ1) is 9.47. The van der Waals surface area contributed by atoms with Crippen molar-refractivity contribution >= 4 is 0 Å². The van der Waals surface area contributed by atoms with E-state index >= 15 is 0 Å². The molecular formula is C11H22N2. The minimum Gasteiger partial charge on any atom is -0.301 e. The molecule has 2 nitrogen and oxygen atoms in total. The molecule has 2 heterocycles. The Morgan fingerprint density at radius 3 is 1.85 bits per heavy atom. The summed E-state index contributed by atoms with van der Waals surface area (Å²) in [4.78, 5) is 5.17. The molecule has 0 aromatic heterocycles. The Labute approximate surface area is 81.9 Å². The van der Waals surface area contributed by atoms with Crippen LogP contribution in [0.1, 0.15) is 33.1 Å². The Kier molecular flexibility index (Phi) is 2.37. The van der Waals surface area contributed by atoms with Crippen molar-refractivity contribution in [1.82, 2.24) is 9.80 Å². The maximum Gasteiger partial charge on any atom is 0.0243 e. The van der Waals surface area contributed by atoms with Gasteiger partial charge in [-0.05, 0) is 40.2 Å². The third kappa shape index (κ3) is 1.50. The molecule has 76 valence electrons. The fourth-order valence-corrected chi connectivity index (χ4v) is 2.74. The highest BCUT2D eigenvalue weighted by Gasteiger charge is 2.44. The molecule has 0 amide bonds. The van der Waals surface area contributed by atoms with Crippen molar-refractivity contribution in [3.8, 4) is 0 Å². The summed E-state index contributed by atoms with van der Waals surface area (Å²) in [6, 6.07) is 0.739. The van der Waals surface area contributed by atoms with Crippen LogP contribution in [-0.4, -0.2) is 48.1 Å². The normalized spacial score (nSPS) is 29.5. The van der Waals surface area contributed by atoms with Gasteiger partial charge in [0.1, 0.15) is 0 Å². The van der Waals surface area contributed by atoms with Gasteiger partial charge in [0, 0.05) is 31.2 Å². The molecular weight excluding hydrogens is 160 g/mol. The van der Waals surface area contributed by atoms with E-state index in [4.69, 9.17) is 0 Å². The number of hydrogen-bond donors (Lipinski definition) is 0. The first-order chi connectivity index (χ1) is 6.14. The summed E-state index contributed by atoms with van der Waals surface area (Å²) in [6.45, 7) is 8.55. The van der Waals surface area contributed by atoms with Crippen molar-refractivity contribution < 1.29 is 0 Å². The summed E-state index contributed by atoms with van der Waals surface area (Å²) in [6.07, 6.45) is 4.22. The van der Waals surface area contributed by atoms with E-state index in [2.05, 4.69) is 30.7 Å². The van der Waals surface area contributed by atoms with E-state index in [1.54, 1.807) is 0 Å². The van der Waals surface area contributed by atoms with Gasteiger partial charge in [0.25, 0.3) is 0 Å². The molecule has 2 fully saturated rings. The lowest BCUT2D eigenvalue weighted by Crippen LogP contribution is -2.62. The van der Waals surface area contributed by atoms with Gasteiger partial charge in [-0.1, -0.05) is 0 Å². The van der Waals surface area contributed by atoms with Gasteiger partial charge in [-0.3, -0.25) is 0 Å². The first-order valence-corrected chi connectivity index (χ1v) is 5.59. The number of hydrogen-bond acceptors (Lipinski definition) is 2. The highest BCUT2D eigenvalue weighted by Crippen LogP contribution is 2.38. The Hall–Kier alpha value is -0.0800. The third-order valence-corrected chi connectivity index (χ3v) is 4.18. The quantitative estimate of drug-likeness (QED) is 0.607. The molecule has 2 heteroatoms. The van der Waals surface area contributed by atoms with Crippen LogP contribution in [0.2, 0.25) is 0 Å². The highest BCUT2D eigenvalue weighted by molar-refractivity contribution is 5.01. The van der Waals surface area contributed by atoms with Gasteiger partial charge in [-0.15, -0.1) is 0 Å². The van der Waals surface area contributed by atoms with E-state index in [0.29, 0.717) is 5.54 Å². The van der Waals surface area contributed by atoms with Gasteiger partial charge in [0.2, 0.25) is 0 Å². The predicted octanol–water partition coefficient (Wildman–Crippen LogP) is 1.56. The average Bonchev–Trinajstić information content (AvgIpc) is 2.15. The molecule has 0 bridgehead atoms. The zero-order valence-corrected chi connectivity index (χ0v) is 9.21. The van der Waals surface area contributed by atoms with Crippen molar-refractivity contribution in [2.24, 2.45) is 0 Å². The fraction of sp³-hybridized carbons (Fsp3) is 1.00. The molecule has 0 aliphatic carbocycles. The molecule has 0 N–H and O–H groups in total.